The largest absolute Gasteiger partial charge is 0.506 e. The van der Waals surface area contributed by atoms with E-state index in [-0.39, 0.29) is 5.75 Å². The summed E-state index contributed by atoms with van der Waals surface area (Å²) >= 11 is 6.66. The standard InChI is InChI=1S/C23H24Br2N2O6/c1-23(2,11-7-6-10-18(28)27-32)20(16-12-15(24)13-17(25)19(16)29)33-22(31)26-21(30)14-8-4-3-5-9-14/h3-6,8-10,12-13,20,29,32H,7,11H2,1-2H3,(H,27,28)(H,26,30,31)/b10-6+/t20-/m0/s1. The number of aromatic hydroxyl groups is 1. The molecule has 176 valence electrons. The molecule has 33 heavy (non-hydrogen) atoms. The Balaban J connectivity index is 2.29. The van der Waals surface area contributed by atoms with E-state index in [4.69, 9.17) is 9.94 Å². The van der Waals surface area contributed by atoms with Gasteiger partial charge in [0.1, 0.15) is 11.9 Å². The molecule has 2 aromatic carbocycles. The van der Waals surface area contributed by atoms with E-state index in [1.807, 2.05) is 13.8 Å². The van der Waals surface area contributed by atoms with Crippen LogP contribution in [0.2, 0.25) is 0 Å². The smallest absolute Gasteiger partial charge is 0.414 e. The van der Waals surface area contributed by atoms with Crippen molar-refractivity contribution in [3.8, 4) is 5.75 Å². The number of hydrogen-bond acceptors (Lipinski definition) is 6. The first-order chi connectivity index (χ1) is 15.5. The summed E-state index contributed by atoms with van der Waals surface area (Å²) in [6.45, 7) is 3.66. The predicted molar refractivity (Wildman–Crippen MR) is 129 cm³/mol. The highest BCUT2D eigenvalue weighted by Crippen LogP contribution is 2.46. The molecule has 0 aromatic heterocycles. The highest BCUT2D eigenvalue weighted by Gasteiger charge is 2.36. The predicted octanol–water partition coefficient (Wildman–Crippen LogP) is 5.39. The number of rotatable bonds is 8. The number of carbonyl (C=O) groups excluding carboxylic acids is 3. The average molecular weight is 584 g/mol. The molecule has 0 saturated heterocycles. The van der Waals surface area contributed by atoms with Gasteiger partial charge in [-0.2, -0.15) is 0 Å². The van der Waals surface area contributed by atoms with Crippen molar-refractivity contribution in [3.05, 3.63) is 74.7 Å². The van der Waals surface area contributed by atoms with Gasteiger partial charge in [0.2, 0.25) is 0 Å². The molecular weight excluding hydrogens is 560 g/mol. The fraction of sp³-hybridized carbons (Fsp3) is 0.261. The van der Waals surface area contributed by atoms with Crippen LogP contribution in [0.1, 0.15) is 48.7 Å². The molecule has 1 atom stereocenters. The van der Waals surface area contributed by atoms with Crippen LogP contribution in [-0.4, -0.2) is 28.2 Å². The number of allylic oxidation sites excluding steroid dienone is 1. The molecule has 0 heterocycles. The lowest BCUT2D eigenvalue weighted by molar-refractivity contribution is -0.124. The van der Waals surface area contributed by atoms with Gasteiger partial charge in [0.25, 0.3) is 11.8 Å². The van der Waals surface area contributed by atoms with Crippen molar-refractivity contribution in [2.45, 2.75) is 32.8 Å². The molecule has 4 N–H and O–H groups in total. The summed E-state index contributed by atoms with van der Waals surface area (Å²) in [6, 6.07) is 11.5. The number of nitrogens with one attached hydrogen (secondary N) is 2. The number of halogens is 2. The first-order valence-electron chi connectivity index (χ1n) is 9.90. The molecule has 2 rings (SSSR count). The third-order valence-electron chi connectivity index (χ3n) is 4.86. The van der Waals surface area contributed by atoms with Crippen LogP contribution in [0.4, 0.5) is 4.79 Å². The number of alkyl carbamates (subject to hydrolysis) is 1. The molecule has 0 radical (unpaired) electrons. The third kappa shape index (κ3) is 7.69. The van der Waals surface area contributed by atoms with E-state index in [1.54, 1.807) is 48.5 Å². The van der Waals surface area contributed by atoms with Crippen molar-refractivity contribution in [2.24, 2.45) is 5.41 Å². The summed E-state index contributed by atoms with van der Waals surface area (Å²) < 4.78 is 6.71. The summed E-state index contributed by atoms with van der Waals surface area (Å²) in [5, 5.41) is 21.5. The highest BCUT2D eigenvalue weighted by molar-refractivity contribution is 9.11. The highest BCUT2D eigenvalue weighted by atomic mass is 79.9. The molecule has 3 amide bonds. The maximum Gasteiger partial charge on any atom is 0.414 e. The van der Waals surface area contributed by atoms with E-state index in [9.17, 15) is 19.5 Å². The number of hydrogen-bond donors (Lipinski definition) is 4. The maximum absolute atomic E-state index is 12.6. The summed E-state index contributed by atoms with van der Waals surface area (Å²) in [5.74, 6) is -1.38. The second kappa shape index (κ2) is 12.0. The zero-order valence-corrected chi connectivity index (χ0v) is 21.1. The topological polar surface area (TPSA) is 125 Å². The van der Waals surface area contributed by atoms with Gasteiger partial charge in [-0.3, -0.25) is 20.1 Å². The molecule has 0 fully saturated rings. The minimum absolute atomic E-state index is 0.103. The van der Waals surface area contributed by atoms with Crippen LogP contribution in [0, 0.1) is 5.41 Å². The van der Waals surface area contributed by atoms with Gasteiger partial charge in [-0.05, 0) is 53.0 Å². The molecule has 0 spiro atoms. The van der Waals surface area contributed by atoms with E-state index in [1.165, 1.54) is 11.6 Å². The van der Waals surface area contributed by atoms with Gasteiger partial charge in [0.05, 0.1) is 4.47 Å². The number of carbonyl (C=O) groups is 3. The van der Waals surface area contributed by atoms with E-state index in [2.05, 4.69) is 37.2 Å². The second-order valence-corrected chi connectivity index (χ2v) is 9.61. The number of phenolic OH excluding ortho intramolecular Hbond substituents is 1. The van der Waals surface area contributed by atoms with Crippen molar-refractivity contribution < 1.29 is 29.4 Å². The van der Waals surface area contributed by atoms with Gasteiger partial charge < -0.3 is 9.84 Å². The average Bonchev–Trinajstić information content (AvgIpc) is 2.78. The van der Waals surface area contributed by atoms with Crippen molar-refractivity contribution in [3.63, 3.8) is 0 Å². The SMILES string of the molecule is CC(C)(CC/C=C/C(=O)NO)[C@@H](OC(=O)NC(=O)c1ccccc1)c1cc(Br)cc(Br)c1O. The van der Waals surface area contributed by atoms with Crippen molar-refractivity contribution in [2.75, 3.05) is 0 Å². The van der Waals surface area contributed by atoms with Crippen LogP contribution >= 0.6 is 31.9 Å². The monoisotopic (exact) mass is 582 g/mol. The number of phenols is 1. The van der Waals surface area contributed by atoms with E-state index < -0.39 is 29.4 Å². The van der Waals surface area contributed by atoms with Gasteiger partial charge in [0.15, 0.2) is 0 Å². The Morgan fingerprint density at radius 2 is 1.82 bits per heavy atom. The molecular formula is C23H24Br2N2O6. The van der Waals surface area contributed by atoms with E-state index >= 15 is 0 Å². The zero-order valence-electron chi connectivity index (χ0n) is 18.0. The van der Waals surface area contributed by atoms with Crippen LogP contribution in [0.15, 0.2) is 63.6 Å². The molecule has 0 aliphatic carbocycles. The number of benzene rings is 2. The number of hydroxylamine groups is 1. The molecule has 0 aliphatic rings. The Hall–Kier alpha value is -2.69. The van der Waals surface area contributed by atoms with Crippen LogP contribution < -0.4 is 10.8 Å². The Labute approximate surface area is 208 Å². The van der Waals surface area contributed by atoms with E-state index in [0.29, 0.717) is 32.9 Å². The molecule has 0 bridgehead atoms. The van der Waals surface area contributed by atoms with Crippen molar-refractivity contribution in [1.29, 1.82) is 0 Å². The number of ether oxygens (including phenoxy) is 1. The lowest BCUT2D eigenvalue weighted by Gasteiger charge is -2.34. The first kappa shape index (κ1) is 26.6. The summed E-state index contributed by atoms with van der Waals surface area (Å²) in [4.78, 5) is 36.2. The fourth-order valence-electron chi connectivity index (χ4n) is 3.13. The summed E-state index contributed by atoms with van der Waals surface area (Å²) in [6.07, 6.45) is 1.70. The summed E-state index contributed by atoms with van der Waals surface area (Å²) in [7, 11) is 0. The minimum atomic E-state index is -0.965. The van der Waals surface area contributed by atoms with Gasteiger partial charge in [-0.1, -0.05) is 54.1 Å². The minimum Gasteiger partial charge on any atom is -0.506 e. The Kier molecular flexibility index (Phi) is 9.63. The van der Waals surface area contributed by atoms with Crippen LogP contribution in [0.5, 0.6) is 5.75 Å². The van der Waals surface area contributed by atoms with Crippen LogP contribution in [0.3, 0.4) is 0 Å². The van der Waals surface area contributed by atoms with Crippen LogP contribution in [0.25, 0.3) is 0 Å². The second-order valence-electron chi connectivity index (χ2n) is 7.84. The maximum atomic E-state index is 12.6. The number of imide groups is 1. The molecule has 0 aliphatic heterocycles. The molecule has 2 aromatic rings. The normalized spacial score (nSPS) is 12.3. The quantitative estimate of drug-likeness (QED) is 0.187. The van der Waals surface area contributed by atoms with Gasteiger partial charge >= 0.3 is 6.09 Å². The third-order valence-corrected chi connectivity index (χ3v) is 5.92. The van der Waals surface area contributed by atoms with Crippen molar-refractivity contribution in [1.82, 2.24) is 10.8 Å². The molecule has 10 heteroatoms. The van der Waals surface area contributed by atoms with Gasteiger partial charge in [-0.25, -0.2) is 10.3 Å². The van der Waals surface area contributed by atoms with E-state index in [0.717, 1.165) is 0 Å². The Morgan fingerprint density at radius 1 is 1.15 bits per heavy atom. The number of amides is 3. The molecule has 8 nitrogen and oxygen atoms in total. The lowest BCUT2D eigenvalue weighted by atomic mass is 9.78. The molecule has 0 saturated carbocycles. The van der Waals surface area contributed by atoms with Gasteiger partial charge in [0, 0.05) is 27.1 Å². The van der Waals surface area contributed by atoms with Crippen molar-refractivity contribution >= 4 is 49.8 Å². The van der Waals surface area contributed by atoms with Gasteiger partial charge in [-0.15, -0.1) is 0 Å². The lowest BCUT2D eigenvalue weighted by Crippen LogP contribution is -2.35. The Bertz CT molecular complexity index is 1040. The Morgan fingerprint density at radius 3 is 2.45 bits per heavy atom. The van der Waals surface area contributed by atoms with Crippen LogP contribution in [-0.2, 0) is 9.53 Å². The fourth-order valence-corrected chi connectivity index (χ4v) is 4.39. The molecule has 0 unspecified atom stereocenters. The zero-order chi connectivity index (χ0) is 24.6. The first-order valence-corrected chi connectivity index (χ1v) is 11.5. The summed E-state index contributed by atoms with van der Waals surface area (Å²) in [5.41, 5.74) is 1.41.